The number of rotatable bonds is 5. The van der Waals surface area contributed by atoms with E-state index >= 15 is 0 Å². The number of piperidine rings is 1. The van der Waals surface area contributed by atoms with Gasteiger partial charge in [-0.1, -0.05) is 28.4 Å². The topological polar surface area (TPSA) is 93.3 Å². The molecule has 2 fully saturated rings. The van der Waals surface area contributed by atoms with Crippen molar-refractivity contribution in [3.8, 4) is 5.69 Å². The molecule has 1 N–H and O–H groups in total. The maximum atomic E-state index is 13.4. The number of anilines is 1. The first kappa shape index (κ1) is 22.0. The molecule has 0 radical (unpaired) electrons. The molecule has 2 amide bonds. The molecule has 10 heteroatoms. The van der Waals surface area contributed by atoms with Gasteiger partial charge in [0.1, 0.15) is 5.76 Å². The summed E-state index contributed by atoms with van der Waals surface area (Å²) in [6.45, 7) is 2.78. The van der Waals surface area contributed by atoms with Crippen LogP contribution in [0.5, 0.6) is 0 Å². The number of carbonyl (C=O) groups is 2. The number of nitrogens with zero attached hydrogens (tertiary/aromatic N) is 4. The summed E-state index contributed by atoms with van der Waals surface area (Å²) >= 11 is 12.5. The molecule has 1 aromatic carbocycles. The molecular formula is C23H23Cl2N5O3. The minimum atomic E-state index is -0.176. The lowest BCUT2D eigenvalue weighted by molar-refractivity contribution is -0.121. The first-order valence-corrected chi connectivity index (χ1v) is 11.7. The number of amides is 2. The van der Waals surface area contributed by atoms with Crippen molar-refractivity contribution in [2.24, 2.45) is 5.92 Å². The molecule has 0 bridgehead atoms. The van der Waals surface area contributed by atoms with E-state index in [9.17, 15) is 9.59 Å². The molecule has 0 atom stereocenters. The van der Waals surface area contributed by atoms with Crippen LogP contribution in [0.3, 0.4) is 0 Å². The Morgan fingerprint density at radius 1 is 1.12 bits per heavy atom. The number of aromatic nitrogens is 3. The van der Waals surface area contributed by atoms with E-state index < -0.39 is 0 Å². The summed E-state index contributed by atoms with van der Waals surface area (Å²) in [5.74, 6) is 1.01. The van der Waals surface area contributed by atoms with Crippen LogP contribution in [-0.2, 0) is 4.79 Å². The smallest absolute Gasteiger partial charge is 0.257 e. The maximum absolute atomic E-state index is 13.4. The zero-order chi connectivity index (χ0) is 23.1. The summed E-state index contributed by atoms with van der Waals surface area (Å²) in [4.78, 5) is 27.8. The highest BCUT2D eigenvalue weighted by Crippen LogP contribution is 2.43. The van der Waals surface area contributed by atoms with Crippen molar-refractivity contribution in [2.45, 2.75) is 38.5 Å². The summed E-state index contributed by atoms with van der Waals surface area (Å²) in [7, 11) is 0. The van der Waals surface area contributed by atoms with Gasteiger partial charge in [0.25, 0.3) is 5.91 Å². The summed E-state index contributed by atoms with van der Waals surface area (Å²) in [6.07, 6.45) is 4.84. The molecule has 33 heavy (non-hydrogen) atoms. The van der Waals surface area contributed by atoms with Gasteiger partial charge in [0.15, 0.2) is 5.82 Å². The second-order valence-corrected chi connectivity index (χ2v) is 9.45. The van der Waals surface area contributed by atoms with Crippen LogP contribution < -0.4 is 5.32 Å². The third kappa shape index (κ3) is 4.50. The van der Waals surface area contributed by atoms with E-state index in [-0.39, 0.29) is 23.7 Å². The van der Waals surface area contributed by atoms with Crippen LogP contribution in [-0.4, -0.2) is 44.7 Å². The fourth-order valence-corrected chi connectivity index (χ4v) is 4.77. The first-order valence-electron chi connectivity index (χ1n) is 11.0. The molecule has 2 aliphatic rings. The normalized spacial score (nSPS) is 16.8. The van der Waals surface area contributed by atoms with E-state index in [0.717, 1.165) is 18.5 Å². The van der Waals surface area contributed by atoms with Gasteiger partial charge in [-0.2, -0.15) is 5.10 Å². The molecule has 2 aromatic heterocycles. The summed E-state index contributed by atoms with van der Waals surface area (Å²) in [6, 6.07) is 6.94. The van der Waals surface area contributed by atoms with E-state index in [1.165, 1.54) is 0 Å². The monoisotopic (exact) mass is 487 g/mol. The molecule has 1 aliphatic carbocycles. The Balaban J connectivity index is 1.29. The minimum Gasteiger partial charge on any atom is -0.360 e. The molecule has 1 aliphatic heterocycles. The molecule has 1 saturated heterocycles. The minimum absolute atomic E-state index is 0.0563. The standard InChI is InChI=1S/C23H23Cl2N5O3/c1-13-10-20(28-33-13)27-22(31)15-6-8-29(9-7-15)23(32)17-12-26-30(21(17)14-2-3-14)19-5-4-16(24)11-18(19)25/h4-5,10-12,14-15H,2-3,6-9H2,1H3,(H,27,28,31). The Morgan fingerprint density at radius 2 is 1.88 bits per heavy atom. The largest absolute Gasteiger partial charge is 0.360 e. The number of carbonyl (C=O) groups excluding carboxylic acids is 2. The van der Waals surface area contributed by atoms with Crippen LogP contribution in [0.1, 0.15) is 53.4 Å². The Bertz CT molecular complexity index is 1210. The van der Waals surface area contributed by atoms with Crippen LogP contribution in [0.2, 0.25) is 10.0 Å². The van der Waals surface area contributed by atoms with E-state index in [4.69, 9.17) is 27.7 Å². The second-order valence-electron chi connectivity index (χ2n) is 8.60. The maximum Gasteiger partial charge on any atom is 0.257 e. The van der Waals surface area contributed by atoms with Crippen LogP contribution in [0.25, 0.3) is 5.69 Å². The lowest BCUT2D eigenvalue weighted by Gasteiger charge is -2.31. The van der Waals surface area contributed by atoms with Crippen molar-refractivity contribution in [1.82, 2.24) is 19.8 Å². The Kier molecular flexibility index (Phi) is 5.88. The second kappa shape index (κ2) is 8.83. The van der Waals surface area contributed by atoms with E-state index in [0.29, 0.717) is 58.8 Å². The lowest BCUT2D eigenvalue weighted by Crippen LogP contribution is -2.41. The van der Waals surface area contributed by atoms with Crippen molar-refractivity contribution in [3.05, 3.63) is 57.5 Å². The van der Waals surface area contributed by atoms with Crippen LogP contribution >= 0.6 is 23.2 Å². The third-order valence-corrected chi connectivity index (χ3v) is 6.71. The fourth-order valence-electron chi connectivity index (χ4n) is 4.29. The summed E-state index contributed by atoms with van der Waals surface area (Å²) in [5.41, 5.74) is 2.20. The van der Waals surface area contributed by atoms with E-state index in [2.05, 4.69) is 15.6 Å². The highest BCUT2D eigenvalue weighted by Gasteiger charge is 2.36. The molecule has 5 rings (SSSR count). The molecule has 0 unspecified atom stereocenters. The summed E-state index contributed by atoms with van der Waals surface area (Å²) < 4.78 is 6.76. The molecule has 1 saturated carbocycles. The van der Waals surface area contributed by atoms with E-state index in [1.807, 2.05) is 6.07 Å². The number of aryl methyl sites for hydroxylation is 1. The number of hydrogen-bond acceptors (Lipinski definition) is 5. The van der Waals surface area contributed by atoms with Crippen molar-refractivity contribution in [2.75, 3.05) is 18.4 Å². The lowest BCUT2D eigenvalue weighted by atomic mass is 9.95. The molecule has 0 spiro atoms. The highest BCUT2D eigenvalue weighted by atomic mass is 35.5. The van der Waals surface area contributed by atoms with Crippen LogP contribution in [0.4, 0.5) is 5.82 Å². The van der Waals surface area contributed by atoms with Crippen LogP contribution in [0.15, 0.2) is 35.0 Å². The van der Waals surface area contributed by atoms with Gasteiger partial charge in [-0.25, -0.2) is 4.68 Å². The quantitative estimate of drug-likeness (QED) is 0.555. The van der Waals surface area contributed by atoms with Crippen molar-refractivity contribution in [3.63, 3.8) is 0 Å². The van der Waals surface area contributed by atoms with Gasteiger partial charge < -0.3 is 14.7 Å². The van der Waals surface area contributed by atoms with Gasteiger partial charge in [-0.15, -0.1) is 0 Å². The van der Waals surface area contributed by atoms with Gasteiger partial charge in [0.2, 0.25) is 5.91 Å². The predicted molar refractivity (Wildman–Crippen MR) is 124 cm³/mol. The molecule has 172 valence electrons. The number of benzene rings is 1. The van der Waals surface area contributed by atoms with Crippen molar-refractivity contribution in [1.29, 1.82) is 0 Å². The fraction of sp³-hybridized carbons (Fsp3) is 0.391. The SMILES string of the molecule is Cc1cc(NC(=O)C2CCN(C(=O)c3cnn(-c4ccc(Cl)cc4Cl)c3C3CC3)CC2)no1. The molecule has 3 heterocycles. The number of halogens is 2. The number of nitrogens with one attached hydrogen (secondary N) is 1. The number of likely N-dealkylation sites (tertiary alicyclic amines) is 1. The predicted octanol–water partition coefficient (Wildman–Crippen LogP) is 4.84. The van der Waals surface area contributed by atoms with E-state index in [1.54, 1.807) is 40.9 Å². The Labute approximate surface area is 200 Å². The Morgan fingerprint density at radius 3 is 2.52 bits per heavy atom. The van der Waals surface area contributed by atoms with Gasteiger partial charge in [0, 0.05) is 36.0 Å². The average molecular weight is 488 g/mol. The summed E-state index contributed by atoms with van der Waals surface area (Å²) in [5, 5.41) is 12.1. The van der Waals surface area contributed by atoms with Gasteiger partial charge in [-0.05, 0) is 50.8 Å². The van der Waals surface area contributed by atoms with Gasteiger partial charge in [-0.3, -0.25) is 9.59 Å². The first-order chi connectivity index (χ1) is 15.9. The molecule has 8 nitrogen and oxygen atoms in total. The van der Waals surface area contributed by atoms with Gasteiger partial charge in [0.05, 0.1) is 28.2 Å². The van der Waals surface area contributed by atoms with Crippen molar-refractivity contribution < 1.29 is 14.1 Å². The van der Waals surface area contributed by atoms with Crippen LogP contribution in [0, 0.1) is 12.8 Å². The zero-order valence-corrected chi connectivity index (χ0v) is 19.6. The molecule has 3 aromatic rings. The highest BCUT2D eigenvalue weighted by molar-refractivity contribution is 6.35. The average Bonchev–Trinajstić information content (AvgIpc) is 3.42. The van der Waals surface area contributed by atoms with Crippen molar-refractivity contribution >= 4 is 40.8 Å². The molecular weight excluding hydrogens is 465 g/mol. The van der Waals surface area contributed by atoms with Gasteiger partial charge >= 0.3 is 0 Å². The zero-order valence-electron chi connectivity index (χ0n) is 18.1. The number of hydrogen-bond donors (Lipinski definition) is 1. The Hall–Kier alpha value is -2.84. The third-order valence-electron chi connectivity index (χ3n) is 6.17.